The van der Waals surface area contributed by atoms with Crippen molar-refractivity contribution in [2.75, 3.05) is 5.73 Å². The summed E-state index contributed by atoms with van der Waals surface area (Å²) >= 11 is 0. The van der Waals surface area contributed by atoms with Gasteiger partial charge in [0.15, 0.2) is 0 Å². The van der Waals surface area contributed by atoms with Gasteiger partial charge in [0, 0.05) is 5.56 Å². The fourth-order valence-electron chi connectivity index (χ4n) is 1.59. The predicted octanol–water partition coefficient (Wildman–Crippen LogP) is 1.89. The van der Waals surface area contributed by atoms with Crippen LogP contribution in [0.5, 0.6) is 0 Å². The SMILES string of the molecule is C#Cc1cc(-c2ccc(C)c(C#N)c2)nc(N)n1. The molecule has 0 atom stereocenters. The lowest BCUT2D eigenvalue weighted by atomic mass is 10.0. The molecule has 0 fully saturated rings. The summed E-state index contributed by atoms with van der Waals surface area (Å²) in [6, 6.07) is 9.30. The van der Waals surface area contributed by atoms with Gasteiger partial charge in [0.1, 0.15) is 5.69 Å². The smallest absolute Gasteiger partial charge is 0.221 e. The van der Waals surface area contributed by atoms with E-state index in [2.05, 4.69) is 22.0 Å². The summed E-state index contributed by atoms with van der Waals surface area (Å²) in [6.07, 6.45) is 5.30. The Kier molecular flexibility index (Phi) is 2.95. The van der Waals surface area contributed by atoms with E-state index in [1.165, 1.54) is 0 Å². The summed E-state index contributed by atoms with van der Waals surface area (Å²) in [5.74, 6) is 2.55. The van der Waals surface area contributed by atoms with Gasteiger partial charge in [0.25, 0.3) is 0 Å². The maximum absolute atomic E-state index is 9.01. The molecule has 0 unspecified atom stereocenters. The molecular weight excluding hydrogens is 224 g/mol. The minimum atomic E-state index is 0.125. The number of hydrogen-bond acceptors (Lipinski definition) is 4. The average Bonchev–Trinajstić information content (AvgIpc) is 2.38. The van der Waals surface area contributed by atoms with Crippen LogP contribution >= 0.6 is 0 Å². The molecule has 0 saturated heterocycles. The third-order valence-electron chi connectivity index (χ3n) is 2.55. The number of nitrogen functional groups attached to an aromatic ring is 1. The first kappa shape index (κ1) is 11.6. The van der Waals surface area contributed by atoms with Crippen LogP contribution < -0.4 is 5.73 Å². The number of anilines is 1. The van der Waals surface area contributed by atoms with Gasteiger partial charge >= 0.3 is 0 Å². The van der Waals surface area contributed by atoms with Gasteiger partial charge in [-0.25, -0.2) is 9.97 Å². The predicted molar refractivity (Wildman–Crippen MR) is 69.3 cm³/mol. The molecule has 0 radical (unpaired) electrons. The first-order valence-corrected chi connectivity index (χ1v) is 5.26. The Morgan fingerprint density at radius 1 is 1.28 bits per heavy atom. The minimum Gasteiger partial charge on any atom is -0.368 e. The van der Waals surface area contributed by atoms with Crippen LogP contribution in [0.4, 0.5) is 5.95 Å². The lowest BCUT2D eigenvalue weighted by Gasteiger charge is -2.04. The number of hydrogen-bond donors (Lipinski definition) is 1. The monoisotopic (exact) mass is 234 g/mol. The molecule has 18 heavy (non-hydrogen) atoms. The lowest BCUT2D eigenvalue weighted by Crippen LogP contribution is -1.99. The van der Waals surface area contributed by atoms with Gasteiger partial charge in [-0.15, -0.1) is 6.42 Å². The summed E-state index contributed by atoms with van der Waals surface area (Å²) in [5.41, 5.74) is 8.95. The molecule has 2 aromatic rings. The molecule has 0 bridgehead atoms. The largest absolute Gasteiger partial charge is 0.368 e. The molecule has 0 amide bonds. The fourth-order valence-corrected chi connectivity index (χ4v) is 1.59. The Bertz CT molecular complexity index is 690. The number of benzene rings is 1. The zero-order chi connectivity index (χ0) is 13.1. The van der Waals surface area contributed by atoms with Crippen LogP contribution in [-0.4, -0.2) is 9.97 Å². The van der Waals surface area contributed by atoms with E-state index in [4.69, 9.17) is 17.4 Å². The number of terminal acetylenes is 1. The van der Waals surface area contributed by atoms with E-state index in [1.54, 1.807) is 12.1 Å². The molecule has 4 nitrogen and oxygen atoms in total. The van der Waals surface area contributed by atoms with Crippen LogP contribution in [0.3, 0.4) is 0 Å². The molecule has 0 aliphatic heterocycles. The molecule has 1 heterocycles. The van der Waals surface area contributed by atoms with Gasteiger partial charge in [-0.1, -0.05) is 18.1 Å². The third-order valence-corrected chi connectivity index (χ3v) is 2.55. The Hall–Kier alpha value is -2.85. The van der Waals surface area contributed by atoms with Gasteiger partial charge < -0.3 is 5.73 Å². The van der Waals surface area contributed by atoms with Crippen molar-refractivity contribution in [3.63, 3.8) is 0 Å². The van der Waals surface area contributed by atoms with Crippen molar-refractivity contribution in [3.05, 3.63) is 41.1 Å². The van der Waals surface area contributed by atoms with Gasteiger partial charge in [-0.05, 0) is 24.6 Å². The maximum Gasteiger partial charge on any atom is 0.221 e. The molecular formula is C14H10N4. The van der Waals surface area contributed by atoms with E-state index in [0.717, 1.165) is 11.1 Å². The normalized spacial score (nSPS) is 9.50. The van der Waals surface area contributed by atoms with Crippen LogP contribution in [0.1, 0.15) is 16.8 Å². The van der Waals surface area contributed by atoms with Crippen molar-refractivity contribution in [2.45, 2.75) is 6.92 Å². The molecule has 0 aliphatic rings. The number of aryl methyl sites for hydroxylation is 1. The second-order valence-corrected chi connectivity index (χ2v) is 3.78. The second-order valence-electron chi connectivity index (χ2n) is 3.78. The minimum absolute atomic E-state index is 0.125. The quantitative estimate of drug-likeness (QED) is 0.764. The molecule has 2 rings (SSSR count). The number of rotatable bonds is 1. The first-order valence-electron chi connectivity index (χ1n) is 5.26. The van der Waals surface area contributed by atoms with Crippen molar-refractivity contribution >= 4 is 5.95 Å². The highest BCUT2D eigenvalue weighted by Gasteiger charge is 2.06. The molecule has 0 spiro atoms. The van der Waals surface area contributed by atoms with Crippen molar-refractivity contribution in [1.82, 2.24) is 9.97 Å². The van der Waals surface area contributed by atoms with Crippen molar-refractivity contribution in [3.8, 4) is 29.7 Å². The van der Waals surface area contributed by atoms with E-state index < -0.39 is 0 Å². The van der Waals surface area contributed by atoms with Crippen molar-refractivity contribution < 1.29 is 0 Å². The van der Waals surface area contributed by atoms with Crippen LogP contribution in [-0.2, 0) is 0 Å². The van der Waals surface area contributed by atoms with E-state index in [9.17, 15) is 0 Å². The number of nitrogens with zero attached hydrogens (tertiary/aromatic N) is 3. The van der Waals surface area contributed by atoms with Crippen LogP contribution in [0.15, 0.2) is 24.3 Å². The van der Waals surface area contributed by atoms with E-state index >= 15 is 0 Å². The number of aromatic nitrogens is 2. The average molecular weight is 234 g/mol. The highest BCUT2D eigenvalue weighted by molar-refractivity contribution is 5.64. The van der Waals surface area contributed by atoms with Gasteiger partial charge in [0.2, 0.25) is 5.95 Å². The fraction of sp³-hybridized carbons (Fsp3) is 0.0714. The topological polar surface area (TPSA) is 75.6 Å². The van der Waals surface area contributed by atoms with Crippen LogP contribution in [0.2, 0.25) is 0 Å². The summed E-state index contributed by atoms with van der Waals surface area (Å²) in [6.45, 7) is 1.88. The number of nitriles is 1. The molecule has 2 N–H and O–H groups in total. The van der Waals surface area contributed by atoms with E-state index in [-0.39, 0.29) is 5.95 Å². The molecule has 86 valence electrons. The van der Waals surface area contributed by atoms with E-state index in [0.29, 0.717) is 17.0 Å². The first-order chi connectivity index (χ1) is 8.63. The molecule has 0 aliphatic carbocycles. The van der Waals surface area contributed by atoms with Crippen LogP contribution in [0.25, 0.3) is 11.3 Å². The summed E-state index contributed by atoms with van der Waals surface area (Å²) in [4.78, 5) is 8.02. The lowest BCUT2D eigenvalue weighted by molar-refractivity contribution is 1.17. The summed E-state index contributed by atoms with van der Waals surface area (Å²) in [5, 5.41) is 9.01. The van der Waals surface area contributed by atoms with Gasteiger partial charge in [0.05, 0.1) is 17.3 Å². The maximum atomic E-state index is 9.01. The van der Waals surface area contributed by atoms with Crippen molar-refractivity contribution in [2.24, 2.45) is 0 Å². The standard InChI is InChI=1S/C14H10N4/c1-3-12-7-13(18-14(16)17-12)10-5-4-9(2)11(6-10)8-15/h1,4-7H,2H3,(H2,16,17,18). The Labute approximate surface area is 105 Å². The zero-order valence-corrected chi connectivity index (χ0v) is 9.81. The Balaban J connectivity index is 2.60. The van der Waals surface area contributed by atoms with Gasteiger partial charge in [-0.3, -0.25) is 0 Å². The Morgan fingerprint density at radius 2 is 2.06 bits per heavy atom. The molecule has 1 aromatic carbocycles. The Morgan fingerprint density at radius 3 is 2.72 bits per heavy atom. The third kappa shape index (κ3) is 2.14. The highest BCUT2D eigenvalue weighted by Crippen LogP contribution is 2.21. The number of nitrogens with two attached hydrogens (primary N) is 1. The summed E-state index contributed by atoms with van der Waals surface area (Å²) in [7, 11) is 0. The molecule has 0 saturated carbocycles. The van der Waals surface area contributed by atoms with Crippen molar-refractivity contribution in [1.29, 1.82) is 5.26 Å². The van der Waals surface area contributed by atoms with Crippen LogP contribution in [0, 0.1) is 30.6 Å². The molecule has 1 aromatic heterocycles. The summed E-state index contributed by atoms with van der Waals surface area (Å²) < 4.78 is 0. The second kappa shape index (κ2) is 4.57. The highest BCUT2D eigenvalue weighted by atomic mass is 15.0. The zero-order valence-electron chi connectivity index (χ0n) is 9.81. The van der Waals surface area contributed by atoms with E-state index in [1.807, 2.05) is 19.1 Å². The van der Waals surface area contributed by atoms with Gasteiger partial charge in [-0.2, -0.15) is 5.26 Å². The molecule has 4 heteroatoms.